The van der Waals surface area contributed by atoms with Crippen LogP contribution in [0.15, 0.2) is 24.3 Å². The summed E-state index contributed by atoms with van der Waals surface area (Å²) in [5, 5.41) is 3.38. The number of benzene rings is 1. The van der Waals surface area contributed by atoms with E-state index in [2.05, 4.69) is 43.4 Å². The van der Waals surface area contributed by atoms with E-state index in [1.807, 2.05) is 0 Å². The van der Waals surface area contributed by atoms with Crippen LogP contribution in [-0.4, -0.2) is 6.54 Å². The summed E-state index contributed by atoms with van der Waals surface area (Å²) in [4.78, 5) is 0. The van der Waals surface area contributed by atoms with Crippen molar-refractivity contribution in [2.24, 2.45) is 0 Å². The SMILES string of the molecule is CCCc1ccc(C2(C)CN2)cc1. The Bertz CT molecular complexity index is 282. The molecule has 1 aromatic carbocycles. The molecule has 1 aromatic rings. The zero-order valence-electron chi connectivity index (χ0n) is 8.43. The molecule has 1 fully saturated rings. The second-order valence-electron chi connectivity index (χ2n) is 4.13. The first-order chi connectivity index (χ1) is 6.24. The molecule has 1 nitrogen and oxygen atoms in total. The quantitative estimate of drug-likeness (QED) is 0.700. The van der Waals surface area contributed by atoms with Gasteiger partial charge >= 0.3 is 0 Å². The minimum Gasteiger partial charge on any atom is -0.304 e. The summed E-state index contributed by atoms with van der Waals surface area (Å²) in [6, 6.07) is 9.02. The summed E-state index contributed by atoms with van der Waals surface area (Å²) in [5.74, 6) is 0. The van der Waals surface area contributed by atoms with Crippen molar-refractivity contribution in [3.05, 3.63) is 35.4 Å². The normalized spacial score (nSPS) is 26.0. The van der Waals surface area contributed by atoms with Crippen molar-refractivity contribution in [2.75, 3.05) is 6.54 Å². The van der Waals surface area contributed by atoms with Gasteiger partial charge in [0.15, 0.2) is 0 Å². The third kappa shape index (κ3) is 1.75. The van der Waals surface area contributed by atoms with Gasteiger partial charge in [0.1, 0.15) is 0 Å². The van der Waals surface area contributed by atoms with Crippen molar-refractivity contribution in [1.82, 2.24) is 5.32 Å². The lowest BCUT2D eigenvalue weighted by Gasteiger charge is -2.07. The molecule has 0 radical (unpaired) electrons. The van der Waals surface area contributed by atoms with Crippen molar-refractivity contribution in [1.29, 1.82) is 0 Å². The van der Waals surface area contributed by atoms with Gasteiger partial charge in [-0.1, -0.05) is 37.6 Å². The number of nitrogens with one attached hydrogen (secondary N) is 1. The van der Waals surface area contributed by atoms with E-state index in [9.17, 15) is 0 Å². The zero-order valence-corrected chi connectivity index (χ0v) is 8.43. The molecule has 0 spiro atoms. The lowest BCUT2D eigenvalue weighted by molar-refractivity contribution is 0.762. The van der Waals surface area contributed by atoms with Gasteiger partial charge in [0.25, 0.3) is 0 Å². The lowest BCUT2D eigenvalue weighted by Crippen LogP contribution is -2.06. The molecule has 2 rings (SSSR count). The Morgan fingerprint density at radius 1 is 1.31 bits per heavy atom. The van der Waals surface area contributed by atoms with E-state index in [-0.39, 0.29) is 5.54 Å². The Labute approximate surface area is 80.2 Å². The summed E-state index contributed by atoms with van der Waals surface area (Å²) in [6.07, 6.45) is 2.43. The number of hydrogen-bond donors (Lipinski definition) is 1. The van der Waals surface area contributed by atoms with Crippen molar-refractivity contribution in [3.8, 4) is 0 Å². The molecule has 70 valence electrons. The molecule has 1 aliphatic heterocycles. The highest BCUT2D eigenvalue weighted by Crippen LogP contribution is 2.29. The topological polar surface area (TPSA) is 21.9 Å². The highest BCUT2D eigenvalue weighted by atomic mass is 15.1. The lowest BCUT2D eigenvalue weighted by atomic mass is 9.99. The smallest absolute Gasteiger partial charge is 0.0533 e. The van der Waals surface area contributed by atoms with Gasteiger partial charge in [0, 0.05) is 6.54 Å². The molecule has 1 unspecified atom stereocenters. The maximum absolute atomic E-state index is 3.38. The van der Waals surface area contributed by atoms with Gasteiger partial charge in [0.05, 0.1) is 5.54 Å². The Morgan fingerprint density at radius 3 is 2.38 bits per heavy atom. The van der Waals surface area contributed by atoms with Crippen LogP contribution in [-0.2, 0) is 12.0 Å². The summed E-state index contributed by atoms with van der Waals surface area (Å²) in [7, 11) is 0. The Kier molecular flexibility index (Phi) is 2.12. The van der Waals surface area contributed by atoms with E-state index in [0.29, 0.717) is 0 Å². The van der Waals surface area contributed by atoms with E-state index in [1.165, 1.54) is 24.0 Å². The molecule has 0 aromatic heterocycles. The van der Waals surface area contributed by atoms with Gasteiger partial charge in [-0.2, -0.15) is 0 Å². The fraction of sp³-hybridized carbons (Fsp3) is 0.500. The Hall–Kier alpha value is -0.820. The average molecular weight is 175 g/mol. The third-order valence-electron chi connectivity index (χ3n) is 2.84. The monoisotopic (exact) mass is 175 g/mol. The van der Waals surface area contributed by atoms with Crippen LogP contribution in [0.5, 0.6) is 0 Å². The van der Waals surface area contributed by atoms with Gasteiger partial charge in [-0.05, 0) is 24.5 Å². The molecule has 0 saturated carbocycles. The largest absolute Gasteiger partial charge is 0.304 e. The molecule has 1 N–H and O–H groups in total. The van der Waals surface area contributed by atoms with Crippen molar-refractivity contribution >= 4 is 0 Å². The second-order valence-corrected chi connectivity index (χ2v) is 4.13. The predicted molar refractivity (Wildman–Crippen MR) is 55.8 cm³/mol. The average Bonchev–Trinajstić information content (AvgIpc) is 2.87. The van der Waals surface area contributed by atoms with E-state index >= 15 is 0 Å². The van der Waals surface area contributed by atoms with Crippen LogP contribution in [0.2, 0.25) is 0 Å². The summed E-state index contributed by atoms with van der Waals surface area (Å²) < 4.78 is 0. The first kappa shape index (κ1) is 8.76. The first-order valence-corrected chi connectivity index (χ1v) is 5.09. The van der Waals surface area contributed by atoms with Crippen LogP contribution in [0, 0.1) is 0 Å². The Morgan fingerprint density at radius 2 is 1.92 bits per heavy atom. The standard InChI is InChI=1S/C12H17N/c1-3-4-10-5-7-11(8-6-10)12(2)9-13-12/h5-8,13H,3-4,9H2,1-2H3. The fourth-order valence-electron chi connectivity index (χ4n) is 1.66. The van der Waals surface area contributed by atoms with Crippen LogP contribution in [0.25, 0.3) is 0 Å². The molecule has 1 atom stereocenters. The second kappa shape index (κ2) is 3.15. The first-order valence-electron chi connectivity index (χ1n) is 5.09. The van der Waals surface area contributed by atoms with Crippen molar-refractivity contribution < 1.29 is 0 Å². The van der Waals surface area contributed by atoms with E-state index in [0.717, 1.165) is 6.54 Å². The summed E-state index contributed by atoms with van der Waals surface area (Å²) in [5.41, 5.74) is 3.16. The van der Waals surface area contributed by atoms with Gasteiger partial charge in [-0.3, -0.25) is 0 Å². The molecule has 1 saturated heterocycles. The highest BCUT2D eigenvalue weighted by molar-refractivity contribution is 5.32. The number of hydrogen-bond acceptors (Lipinski definition) is 1. The predicted octanol–water partition coefficient (Wildman–Crippen LogP) is 2.46. The van der Waals surface area contributed by atoms with Crippen LogP contribution >= 0.6 is 0 Å². The third-order valence-corrected chi connectivity index (χ3v) is 2.84. The molecular formula is C12H17N. The highest BCUT2D eigenvalue weighted by Gasteiger charge is 2.37. The van der Waals surface area contributed by atoms with Gasteiger partial charge in [0.2, 0.25) is 0 Å². The van der Waals surface area contributed by atoms with E-state index in [4.69, 9.17) is 0 Å². The maximum atomic E-state index is 3.38. The summed E-state index contributed by atoms with van der Waals surface area (Å²) in [6.45, 7) is 5.60. The Balaban J connectivity index is 2.14. The minimum atomic E-state index is 0.282. The van der Waals surface area contributed by atoms with E-state index in [1.54, 1.807) is 0 Å². The molecule has 1 aliphatic rings. The van der Waals surface area contributed by atoms with Crippen molar-refractivity contribution in [2.45, 2.75) is 32.2 Å². The maximum Gasteiger partial charge on any atom is 0.0533 e. The van der Waals surface area contributed by atoms with Crippen LogP contribution < -0.4 is 5.32 Å². The van der Waals surface area contributed by atoms with Gasteiger partial charge in [-0.25, -0.2) is 0 Å². The van der Waals surface area contributed by atoms with Crippen LogP contribution in [0.1, 0.15) is 31.4 Å². The molecular weight excluding hydrogens is 158 g/mol. The van der Waals surface area contributed by atoms with Crippen LogP contribution in [0.4, 0.5) is 0 Å². The van der Waals surface area contributed by atoms with E-state index < -0.39 is 0 Å². The molecule has 0 bridgehead atoms. The van der Waals surface area contributed by atoms with Crippen molar-refractivity contribution in [3.63, 3.8) is 0 Å². The number of aryl methyl sites for hydroxylation is 1. The molecule has 0 aliphatic carbocycles. The molecule has 1 heteroatoms. The molecule has 0 amide bonds. The fourth-order valence-corrected chi connectivity index (χ4v) is 1.66. The van der Waals surface area contributed by atoms with Gasteiger partial charge < -0.3 is 5.32 Å². The minimum absolute atomic E-state index is 0.282. The number of rotatable bonds is 3. The summed E-state index contributed by atoms with van der Waals surface area (Å²) >= 11 is 0. The van der Waals surface area contributed by atoms with Gasteiger partial charge in [-0.15, -0.1) is 0 Å². The zero-order chi connectivity index (χ0) is 9.31. The van der Waals surface area contributed by atoms with Crippen LogP contribution in [0.3, 0.4) is 0 Å². The molecule has 1 heterocycles. The molecule has 13 heavy (non-hydrogen) atoms.